The van der Waals surface area contributed by atoms with Crippen molar-refractivity contribution in [1.82, 2.24) is 0 Å². The van der Waals surface area contributed by atoms with E-state index in [1.807, 2.05) is 0 Å². The zero-order valence-corrected chi connectivity index (χ0v) is 11.3. The standard InChI is InChI=1S/Co.4HO3S/c;4*1-4(2)3/h;4*(H,1,2,3)/q;4*-1. The van der Waals surface area contributed by atoms with Gasteiger partial charge in [0.1, 0.15) is 0 Å². The minimum absolute atomic E-state index is 0. The molecule has 17 heteroatoms. The third-order valence-corrected chi connectivity index (χ3v) is 0. The van der Waals surface area contributed by atoms with Crippen molar-refractivity contribution in [3.63, 3.8) is 0 Å². The van der Waals surface area contributed by atoms with Gasteiger partial charge in [-0.15, -0.1) is 0 Å². The Balaban J connectivity index is -0.0000000369. The van der Waals surface area contributed by atoms with Gasteiger partial charge in [0, 0.05) is 60.7 Å². The Morgan fingerprint density at radius 2 is 0.412 bits per heavy atom. The third kappa shape index (κ3) is 151000. The first kappa shape index (κ1) is 30.3. The van der Waals surface area contributed by atoms with Crippen LogP contribution in [-0.2, 0) is 94.4 Å². The Labute approximate surface area is 112 Å². The molecule has 0 aromatic carbocycles. The fourth-order valence-electron chi connectivity index (χ4n) is 0. The van der Waals surface area contributed by atoms with Crippen LogP contribution < -0.4 is 0 Å². The predicted octanol–water partition coefficient (Wildman–Crippen LogP) is -0.928. The SMILES string of the molecule is O=[S-](=O)O.O=[S-](=O)O.O=[S-](=O)O.O=[S-](=O)O.[Co]. The number of rotatable bonds is 0. The van der Waals surface area contributed by atoms with E-state index in [0.717, 1.165) is 0 Å². The minimum Gasteiger partial charge on any atom is -0.439 e. The van der Waals surface area contributed by atoms with Gasteiger partial charge in [0.2, 0.25) is 0 Å². The van der Waals surface area contributed by atoms with Crippen molar-refractivity contribution in [2.24, 2.45) is 0 Å². The maximum atomic E-state index is 8.56. The molecule has 0 saturated heterocycles. The molecular formula is H4CoO12S4-4. The van der Waals surface area contributed by atoms with Crippen LogP contribution >= 0.6 is 0 Å². The maximum Gasteiger partial charge on any atom is 0.0495 e. The molecule has 0 saturated carbocycles. The van der Waals surface area contributed by atoms with Gasteiger partial charge in [-0.2, -0.15) is 0 Å². The molecule has 0 spiro atoms. The first-order valence-corrected chi connectivity index (χ1v) is 6.19. The van der Waals surface area contributed by atoms with Gasteiger partial charge in [-0.3, -0.25) is 0 Å². The Morgan fingerprint density at radius 3 is 0.412 bits per heavy atom. The summed E-state index contributed by atoms with van der Waals surface area (Å²) in [7, 11) is -11.4. The summed E-state index contributed by atoms with van der Waals surface area (Å²) in [5.74, 6) is 0. The maximum absolute atomic E-state index is 8.56. The second-order valence-corrected chi connectivity index (χ2v) is 2.61. The minimum atomic E-state index is -2.86. The van der Waals surface area contributed by atoms with E-state index in [1.165, 1.54) is 0 Å². The largest absolute Gasteiger partial charge is 0.439 e. The summed E-state index contributed by atoms with van der Waals surface area (Å²) >= 11 is 0. The van der Waals surface area contributed by atoms with Crippen molar-refractivity contribution in [1.29, 1.82) is 0 Å². The van der Waals surface area contributed by atoms with Gasteiger partial charge >= 0.3 is 0 Å². The van der Waals surface area contributed by atoms with Crippen LogP contribution in [0.4, 0.5) is 0 Å². The fraction of sp³-hybridized carbons (Fsp3) is 0. The quantitative estimate of drug-likeness (QED) is 0.226. The molecule has 113 valence electrons. The van der Waals surface area contributed by atoms with Crippen molar-refractivity contribution in [2.75, 3.05) is 0 Å². The van der Waals surface area contributed by atoms with Crippen molar-refractivity contribution in [2.45, 2.75) is 0 Å². The number of hydrogen-bond acceptors (Lipinski definition) is 12. The van der Waals surface area contributed by atoms with Crippen molar-refractivity contribution >= 4 is 43.9 Å². The van der Waals surface area contributed by atoms with E-state index < -0.39 is 43.9 Å². The average Bonchev–Trinajstić information content (AvgIpc) is 1.76. The zero-order chi connectivity index (χ0) is 14.3. The molecule has 0 aliphatic carbocycles. The molecular weight excluding hydrogens is 379 g/mol. The van der Waals surface area contributed by atoms with Gasteiger partial charge in [-0.25, -0.2) is 0 Å². The van der Waals surface area contributed by atoms with Crippen LogP contribution in [-0.4, -0.2) is 18.2 Å². The van der Waals surface area contributed by atoms with Crippen LogP contribution in [0.2, 0.25) is 0 Å². The zero-order valence-electron chi connectivity index (χ0n) is 7.02. The molecule has 0 heterocycles. The van der Waals surface area contributed by atoms with E-state index in [1.54, 1.807) is 0 Å². The summed E-state index contributed by atoms with van der Waals surface area (Å²) in [5, 5.41) is 0. The second-order valence-electron chi connectivity index (χ2n) is 0.868. The van der Waals surface area contributed by atoms with Crippen LogP contribution in [0.15, 0.2) is 0 Å². The van der Waals surface area contributed by atoms with Gasteiger partial charge in [0.15, 0.2) is 0 Å². The van der Waals surface area contributed by atoms with E-state index in [-0.39, 0.29) is 16.8 Å². The summed E-state index contributed by atoms with van der Waals surface area (Å²) in [6.07, 6.45) is 0. The van der Waals surface area contributed by atoms with E-state index in [9.17, 15) is 0 Å². The van der Waals surface area contributed by atoms with Crippen molar-refractivity contribution in [3.05, 3.63) is 0 Å². The van der Waals surface area contributed by atoms with E-state index in [0.29, 0.717) is 0 Å². The number of hydrogen-bond donors (Lipinski definition) is 4. The van der Waals surface area contributed by atoms with Crippen LogP contribution in [0.5, 0.6) is 0 Å². The molecule has 0 unspecified atom stereocenters. The van der Waals surface area contributed by atoms with E-state index in [4.69, 9.17) is 51.9 Å². The Bertz CT molecular complexity index is 292. The van der Waals surface area contributed by atoms with E-state index in [2.05, 4.69) is 0 Å². The molecule has 0 aliphatic heterocycles. The molecule has 1 radical (unpaired) electrons. The second kappa shape index (κ2) is 25.1. The molecule has 4 N–H and O–H groups in total. The monoisotopic (exact) mass is 383 g/mol. The molecule has 0 aliphatic rings. The van der Waals surface area contributed by atoms with Crippen molar-refractivity contribution < 1.29 is 68.7 Å². The molecule has 0 rings (SSSR count). The summed E-state index contributed by atoms with van der Waals surface area (Å²) in [6.45, 7) is 0. The summed E-state index contributed by atoms with van der Waals surface area (Å²) in [6, 6.07) is 0. The molecule has 0 aromatic heterocycles. The molecule has 0 aromatic rings. The van der Waals surface area contributed by atoms with Gasteiger partial charge in [0.25, 0.3) is 0 Å². The molecule has 17 heavy (non-hydrogen) atoms. The topological polar surface area (TPSA) is 217 Å². The van der Waals surface area contributed by atoms with Gasteiger partial charge in [-0.1, -0.05) is 0 Å². The molecule has 0 fully saturated rings. The average molecular weight is 383 g/mol. The van der Waals surface area contributed by atoms with Gasteiger partial charge < -0.3 is 51.9 Å². The first-order valence-electron chi connectivity index (χ1n) is 2.06. The van der Waals surface area contributed by atoms with Crippen molar-refractivity contribution in [3.8, 4) is 0 Å². The van der Waals surface area contributed by atoms with Crippen LogP contribution in [0.3, 0.4) is 0 Å². The van der Waals surface area contributed by atoms with Crippen LogP contribution in [0.25, 0.3) is 0 Å². The first-order chi connectivity index (χ1) is 6.93. The summed E-state index contributed by atoms with van der Waals surface area (Å²) < 4.78 is 96.3. The van der Waals surface area contributed by atoms with Gasteiger partial charge in [-0.05, 0) is 0 Å². The molecule has 0 atom stereocenters. The molecule has 0 bridgehead atoms. The summed E-state index contributed by atoms with van der Waals surface area (Å²) in [4.78, 5) is 0. The Morgan fingerprint density at radius 1 is 0.412 bits per heavy atom. The van der Waals surface area contributed by atoms with Crippen LogP contribution in [0, 0.1) is 0 Å². The predicted molar refractivity (Wildman–Crippen MR) is 45.5 cm³/mol. The molecule has 12 nitrogen and oxygen atoms in total. The Kier molecular flexibility index (Phi) is 44.7. The summed E-state index contributed by atoms with van der Waals surface area (Å²) in [5.41, 5.74) is 0. The fourth-order valence-corrected chi connectivity index (χ4v) is 0. The Hall–Kier alpha value is 0.146. The third-order valence-electron chi connectivity index (χ3n) is 0. The van der Waals surface area contributed by atoms with Gasteiger partial charge in [0.05, 0.1) is 0 Å². The molecule has 0 amide bonds. The smallest absolute Gasteiger partial charge is 0.0495 e. The van der Waals surface area contributed by atoms with E-state index >= 15 is 0 Å². The normalized spacial score (nSPS) is 8.00. The van der Waals surface area contributed by atoms with Crippen LogP contribution in [0.1, 0.15) is 0 Å².